The van der Waals surface area contributed by atoms with Crippen LogP contribution in [-0.4, -0.2) is 36.6 Å². The summed E-state index contributed by atoms with van der Waals surface area (Å²) in [5.41, 5.74) is 6.77. The number of hydrogen-bond acceptors (Lipinski definition) is 4. The standard InChI is InChI=1S/C12H17N3O3/c1-14-12(18)10(7-16)15-11(17)9-4-2-8(6-13)3-5-9/h2-5,10,16H,6-7,13H2,1H3,(H,14,18)(H,15,17). The van der Waals surface area contributed by atoms with Gasteiger partial charge < -0.3 is 21.5 Å². The Hall–Kier alpha value is -1.92. The molecule has 0 aromatic heterocycles. The highest BCUT2D eigenvalue weighted by Crippen LogP contribution is 2.04. The molecule has 5 N–H and O–H groups in total. The molecule has 0 heterocycles. The molecule has 0 spiro atoms. The maximum atomic E-state index is 11.8. The second-order valence-electron chi connectivity index (χ2n) is 3.72. The van der Waals surface area contributed by atoms with Gasteiger partial charge in [-0.15, -0.1) is 0 Å². The predicted octanol–water partition coefficient (Wildman–Crippen LogP) is -1.02. The second-order valence-corrected chi connectivity index (χ2v) is 3.72. The van der Waals surface area contributed by atoms with E-state index in [0.29, 0.717) is 12.1 Å². The number of amides is 2. The van der Waals surface area contributed by atoms with Crippen LogP contribution in [0, 0.1) is 0 Å². The molecule has 0 aliphatic heterocycles. The van der Waals surface area contributed by atoms with Crippen LogP contribution in [-0.2, 0) is 11.3 Å². The SMILES string of the molecule is CNC(=O)C(CO)NC(=O)c1ccc(CN)cc1. The Balaban J connectivity index is 2.71. The van der Waals surface area contributed by atoms with Crippen molar-refractivity contribution in [2.24, 2.45) is 5.73 Å². The lowest BCUT2D eigenvalue weighted by Crippen LogP contribution is -2.47. The average molecular weight is 251 g/mol. The van der Waals surface area contributed by atoms with Gasteiger partial charge in [0.1, 0.15) is 6.04 Å². The Labute approximate surface area is 105 Å². The number of aliphatic hydroxyl groups excluding tert-OH is 1. The fourth-order valence-corrected chi connectivity index (χ4v) is 1.40. The number of likely N-dealkylation sites (N-methyl/N-ethyl adjacent to an activating group) is 1. The van der Waals surface area contributed by atoms with E-state index in [9.17, 15) is 9.59 Å². The van der Waals surface area contributed by atoms with Crippen molar-refractivity contribution < 1.29 is 14.7 Å². The summed E-state index contributed by atoms with van der Waals surface area (Å²) < 4.78 is 0. The van der Waals surface area contributed by atoms with E-state index in [1.807, 2.05) is 0 Å². The largest absolute Gasteiger partial charge is 0.394 e. The van der Waals surface area contributed by atoms with Crippen molar-refractivity contribution in [1.29, 1.82) is 0 Å². The summed E-state index contributed by atoms with van der Waals surface area (Å²) in [5.74, 6) is -0.856. The molecule has 0 saturated heterocycles. The topological polar surface area (TPSA) is 104 Å². The molecule has 98 valence electrons. The fraction of sp³-hybridized carbons (Fsp3) is 0.333. The Bertz CT molecular complexity index is 417. The first-order valence-electron chi connectivity index (χ1n) is 5.54. The van der Waals surface area contributed by atoms with E-state index >= 15 is 0 Å². The minimum Gasteiger partial charge on any atom is -0.394 e. The Morgan fingerprint density at radius 2 is 1.94 bits per heavy atom. The predicted molar refractivity (Wildman–Crippen MR) is 66.7 cm³/mol. The minimum absolute atomic E-state index is 0.402. The molecule has 1 rings (SSSR count). The van der Waals surface area contributed by atoms with E-state index in [-0.39, 0.29) is 0 Å². The molecule has 1 atom stereocenters. The zero-order chi connectivity index (χ0) is 13.5. The van der Waals surface area contributed by atoms with Crippen molar-refractivity contribution in [1.82, 2.24) is 10.6 Å². The molecule has 18 heavy (non-hydrogen) atoms. The third-order valence-corrected chi connectivity index (χ3v) is 2.50. The third kappa shape index (κ3) is 3.54. The normalized spacial score (nSPS) is 11.7. The van der Waals surface area contributed by atoms with E-state index in [2.05, 4.69) is 10.6 Å². The number of nitrogens with one attached hydrogen (secondary N) is 2. The van der Waals surface area contributed by atoms with Gasteiger partial charge in [-0.3, -0.25) is 9.59 Å². The minimum atomic E-state index is -0.948. The molecule has 0 fully saturated rings. The number of nitrogens with two attached hydrogens (primary N) is 1. The summed E-state index contributed by atoms with van der Waals surface area (Å²) in [5, 5.41) is 13.8. The summed E-state index contributed by atoms with van der Waals surface area (Å²) in [7, 11) is 1.44. The van der Waals surface area contributed by atoms with Gasteiger partial charge in [-0.05, 0) is 17.7 Å². The van der Waals surface area contributed by atoms with Crippen LogP contribution in [0.4, 0.5) is 0 Å². The highest BCUT2D eigenvalue weighted by Gasteiger charge is 2.19. The molecule has 0 saturated carbocycles. The molecule has 0 radical (unpaired) electrons. The van der Waals surface area contributed by atoms with Gasteiger partial charge in [0.05, 0.1) is 6.61 Å². The first kappa shape index (κ1) is 14.1. The lowest BCUT2D eigenvalue weighted by Gasteiger charge is -2.14. The van der Waals surface area contributed by atoms with Gasteiger partial charge in [-0.25, -0.2) is 0 Å². The van der Waals surface area contributed by atoms with E-state index in [4.69, 9.17) is 10.8 Å². The first-order chi connectivity index (χ1) is 8.62. The number of aliphatic hydroxyl groups is 1. The fourth-order valence-electron chi connectivity index (χ4n) is 1.40. The maximum Gasteiger partial charge on any atom is 0.251 e. The van der Waals surface area contributed by atoms with Crippen molar-refractivity contribution in [2.75, 3.05) is 13.7 Å². The monoisotopic (exact) mass is 251 g/mol. The van der Waals surface area contributed by atoms with E-state index in [1.165, 1.54) is 7.05 Å². The molecule has 6 nitrogen and oxygen atoms in total. The van der Waals surface area contributed by atoms with Crippen LogP contribution < -0.4 is 16.4 Å². The molecule has 2 amide bonds. The van der Waals surface area contributed by atoms with Crippen molar-refractivity contribution in [3.05, 3.63) is 35.4 Å². The number of carbonyl (C=O) groups excluding carboxylic acids is 2. The molecular weight excluding hydrogens is 234 g/mol. The molecule has 1 aromatic rings. The molecular formula is C12H17N3O3. The van der Waals surface area contributed by atoms with Crippen molar-refractivity contribution in [2.45, 2.75) is 12.6 Å². The molecule has 0 bridgehead atoms. The van der Waals surface area contributed by atoms with E-state index in [1.54, 1.807) is 24.3 Å². The molecule has 0 aliphatic rings. The lowest BCUT2D eigenvalue weighted by atomic mass is 10.1. The second kappa shape index (κ2) is 6.73. The van der Waals surface area contributed by atoms with Gasteiger partial charge in [-0.2, -0.15) is 0 Å². The Kier molecular flexibility index (Phi) is 5.29. The molecule has 0 aliphatic carbocycles. The van der Waals surface area contributed by atoms with Gasteiger partial charge in [0.2, 0.25) is 5.91 Å². The van der Waals surface area contributed by atoms with Crippen molar-refractivity contribution >= 4 is 11.8 Å². The van der Waals surface area contributed by atoms with E-state index in [0.717, 1.165) is 5.56 Å². The van der Waals surface area contributed by atoms with Crippen LogP contribution in [0.3, 0.4) is 0 Å². The summed E-state index contributed by atoms with van der Waals surface area (Å²) >= 11 is 0. The zero-order valence-electron chi connectivity index (χ0n) is 10.1. The maximum absolute atomic E-state index is 11.8. The molecule has 6 heteroatoms. The molecule has 1 aromatic carbocycles. The van der Waals surface area contributed by atoms with Crippen molar-refractivity contribution in [3.8, 4) is 0 Å². The summed E-state index contributed by atoms with van der Waals surface area (Å²) in [4.78, 5) is 23.1. The van der Waals surface area contributed by atoms with Crippen LogP contribution in [0.1, 0.15) is 15.9 Å². The Morgan fingerprint density at radius 3 is 2.39 bits per heavy atom. The van der Waals surface area contributed by atoms with Crippen LogP contribution >= 0.6 is 0 Å². The van der Waals surface area contributed by atoms with Gasteiger partial charge >= 0.3 is 0 Å². The van der Waals surface area contributed by atoms with Gasteiger partial charge in [0.25, 0.3) is 5.91 Å². The first-order valence-corrected chi connectivity index (χ1v) is 5.54. The van der Waals surface area contributed by atoms with Crippen LogP contribution in [0.25, 0.3) is 0 Å². The third-order valence-electron chi connectivity index (χ3n) is 2.50. The lowest BCUT2D eigenvalue weighted by molar-refractivity contribution is -0.123. The number of hydrogen-bond donors (Lipinski definition) is 4. The highest BCUT2D eigenvalue weighted by atomic mass is 16.3. The number of carbonyl (C=O) groups is 2. The van der Waals surface area contributed by atoms with Crippen LogP contribution in [0.5, 0.6) is 0 Å². The summed E-state index contributed by atoms with van der Waals surface area (Å²) in [6.45, 7) is -0.0499. The Morgan fingerprint density at radius 1 is 1.33 bits per heavy atom. The summed E-state index contributed by atoms with van der Waals surface area (Å²) in [6.07, 6.45) is 0. The smallest absolute Gasteiger partial charge is 0.251 e. The number of benzene rings is 1. The van der Waals surface area contributed by atoms with Crippen LogP contribution in [0.15, 0.2) is 24.3 Å². The van der Waals surface area contributed by atoms with Crippen LogP contribution in [0.2, 0.25) is 0 Å². The quantitative estimate of drug-likeness (QED) is 0.537. The number of rotatable bonds is 5. The van der Waals surface area contributed by atoms with Gasteiger partial charge in [-0.1, -0.05) is 12.1 Å². The van der Waals surface area contributed by atoms with Crippen molar-refractivity contribution in [3.63, 3.8) is 0 Å². The van der Waals surface area contributed by atoms with E-state index < -0.39 is 24.5 Å². The van der Waals surface area contributed by atoms with Gasteiger partial charge in [0, 0.05) is 19.2 Å². The molecule has 1 unspecified atom stereocenters. The summed E-state index contributed by atoms with van der Waals surface area (Å²) in [6, 6.07) is 5.77. The zero-order valence-corrected chi connectivity index (χ0v) is 10.1. The average Bonchev–Trinajstić information content (AvgIpc) is 2.43. The highest BCUT2D eigenvalue weighted by molar-refractivity contribution is 5.97. The van der Waals surface area contributed by atoms with Gasteiger partial charge in [0.15, 0.2) is 0 Å².